The first-order valence-corrected chi connectivity index (χ1v) is 10.3. The van der Waals surface area contributed by atoms with Gasteiger partial charge in [0.2, 0.25) is 5.91 Å². The summed E-state index contributed by atoms with van der Waals surface area (Å²) in [6, 6.07) is 8.92. The van der Waals surface area contributed by atoms with Crippen LogP contribution in [-0.2, 0) is 16.0 Å². The number of amides is 3. The van der Waals surface area contributed by atoms with Gasteiger partial charge in [-0.2, -0.15) is 0 Å². The Morgan fingerprint density at radius 1 is 1.20 bits per heavy atom. The molecule has 6 nitrogen and oxygen atoms in total. The van der Waals surface area contributed by atoms with Gasteiger partial charge in [-0.15, -0.1) is 0 Å². The molecule has 30 heavy (non-hydrogen) atoms. The van der Waals surface area contributed by atoms with Crippen LogP contribution in [-0.4, -0.2) is 35.8 Å². The second-order valence-corrected chi connectivity index (χ2v) is 7.97. The number of hydrogen-bond acceptors (Lipinski definition) is 4. The molecule has 2 aromatic carbocycles. The molecule has 1 saturated heterocycles. The first kappa shape index (κ1) is 22.1. The van der Waals surface area contributed by atoms with Crippen LogP contribution in [0.1, 0.15) is 30.4 Å². The second-order valence-electron chi connectivity index (χ2n) is 7.13. The lowest BCUT2D eigenvalue weighted by atomic mass is 10.0. The maximum absolute atomic E-state index is 12.8. The Kier molecular flexibility index (Phi) is 7.00. The van der Waals surface area contributed by atoms with E-state index in [1.165, 1.54) is 0 Å². The predicted molar refractivity (Wildman–Crippen MR) is 116 cm³/mol. The van der Waals surface area contributed by atoms with Gasteiger partial charge in [0.05, 0.1) is 7.11 Å². The van der Waals surface area contributed by atoms with Crippen molar-refractivity contribution < 1.29 is 19.1 Å². The molecule has 158 valence electrons. The number of Topliss-reactive ketones (excluding diaryl/α,β-unsaturated/α-hetero) is 1. The van der Waals surface area contributed by atoms with Gasteiger partial charge < -0.3 is 10.1 Å². The normalized spacial score (nSPS) is 15.9. The lowest BCUT2D eigenvalue weighted by Gasteiger charge is -2.23. The van der Waals surface area contributed by atoms with Gasteiger partial charge >= 0.3 is 6.03 Å². The molecule has 0 aliphatic carbocycles. The highest BCUT2D eigenvalue weighted by Crippen LogP contribution is 2.27. The number of nitrogens with one attached hydrogen (secondary N) is 1. The molecule has 0 radical (unpaired) electrons. The number of carbonyl (C=O) groups is 3. The molecule has 8 heteroatoms. The summed E-state index contributed by atoms with van der Waals surface area (Å²) < 4.78 is 5.16. The Balaban J connectivity index is 1.68. The largest absolute Gasteiger partial charge is 0.497 e. The standard InChI is InChI=1S/C22H22Cl2N2O4/c1-13-11-16(30-2)6-7-18(13)25-22(29)26-19(8-10-21(26)28)20(27)9-4-14-3-5-15(23)12-17(14)24/h3,5-7,11-12,19H,4,8-10H2,1-2H3,(H,25,29)/t19-/m0/s1. The van der Waals surface area contributed by atoms with Gasteiger partial charge in [-0.05, 0) is 61.2 Å². The maximum atomic E-state index is 12.8. The van der Waals surface area contributed by atoms with E-state index in [4.69, 9.17) is 27.9 Å². The highest BCUT2D eigenvalue weighted by Gasteiger charge is 2.39. The van der Waals surface area contributed by atoms with Crippen molar-refractivity contribution in [3.05, 3.63) is 57.6 Å². The smallest absolute Gasteiger partial charge is 0.329 e. The van der Waals surface area contributed by atoms with Crippen molar-refractivity contribution >= 4 is 46.6 Å². The third kappa shape index (κ3) is 4.94. The number of halogens is 2. The van der Waals surface area contributed by atoms with Crippen LogP contribution in [0.5, 0.6) is 5.75 Å². The number of nitrogens with zero attached hydrogens (tertiary/aromatic N) is 1. The summed E-state index contributed by atoms with van der Waals surface area (Å²) in [5.74, 6) is 0.131. The van der Waals surface area contributed by atoms with Gasteiger partial charge in [0, 0.05) is 28.6 Å². The van der Waals surface area contributed by atoms with Crippen molar-refractivity contribution in [1.29, 1.82) is 0 Å². The zero-order valence-electron chi connectivity index (χ0n) is 16.7. The van der Waals surface area contributed by atoms with Crippen molar-refractivity contribution in [1.82, 2.24) is 4.90 Å². The summed E-state index contributed by atoms with van der Waals surface area (Å²) >= 11 is 12.1. The van der Waals surface area contributed by atoms with E-state index in [2.05, 4.69) is 5.32 Å². The van der Waals surface area contributed by atoms with Gasteiger partial charge in [-0.1, -0.05) is 29.3 Å². The van der Waals surface area contributed by atoms with Gasteiger partial charge in [0.1, 0.15) is 11.8 Å². The monoisotopic (exact) mass is 448 g/mol. The maximum Gasteiger partial charge on any atom is 0.329 e. The van der Waals surface area contributed by atoms with E-state index in [0.29, 0.717) is 34.3 Å². The number of carbonyl (C=O) groups excluding carboxylic acids is 3. The number of imide groups is 1. The molecule has 0 bridgehead atoms. The number of ether oxygens (including phenoxy) is 1. The van der Waals surface area contributed by atoms with Crippen LogP contribution in [0.25, 0.3) is 0 Å². The zero-order chi connectivity index (χ0) is 21.8. The molecule has 2 aromatic rings. The fraction of sp³-hybridized carbons (Fsp3) is 0.318. The highest BCUT2D eigenvalue weighted by atomic mass is 35.5. The summed E-state index contributed by atoms with van der Waals surface area (Å²) in [6.45, 7) is 1.82. The van der Waals surface area contributed by atoms with E-state index in [1.54, 1.807) is 43.5 Å². The van der Waals surface area contributed by atoms with Crippen LogP contribution in [0.2, 0.25) is 10.0 Å². The minimum absolute atomic E-state index is 0.160. The van der Waals surface area contributed by atoms with E-state index in [9.17, 15) is 14.4 Å². The Morgan fingerprint density at radius 2 is 1.97 bits per heavy atom. The van der Waals surface area contributed by atoms with Gasteiger partial charge in [-0.3, -0.25) is 14.5 Å². The molecule has 1 heterocycles. The number of benzene rings is 2. The number of ketones is 1. The Bertz CT molecular complexity index is 993. The second kappa shape index (κ2) is 9.49. The predicted octanol–water partition coefficient (Wildman–Crippen LogP) is 5.04. The summed E-state index contributed by atoms with van der Waals surface area (Å²) in [5.41, 5.74) is 2.14. The summed E-state index contributed by atoms with van der Waals surface area (Å²) in [7, 11) is 1.56. The first-order chi connectivity index (χ1) is 14.3. The van der Waals surface area contributed by atoms with Crippen molar-refractivity contribution in [3.63, 3.8) is 0 Å². The van der Waals surface area contributed by atoms with Crippen LogP contribution in [0.3, 0.4) is 0 Å². The summed E-state index contributed by atoms with van der Waals surface area (Å²) in [6.07, 6.45) is 1.06. The molecule has 1 aliphatic rings. The molecule has 3 amide bonds. The number of anilines is 1. The molecule has 0 unspecified atom stereocenters. The van der Waals surface area contributed by atoms with Crippen molar-refractivity contribution in [3.8, 4) is 5.75 Å². The molecule has 3 rings (SSSR count). The van der Waals surface area contributed by atoms with Crippen LogP contribution < -0.4 is 10.1 Å². The molecule has 0 aromatic heterocycles. The Labute approximate surface area is 185 Å². The minimum Gasteiger partial charge on any atom is -0.497 e. The molecule has 0 saturated carbocycles. The van der Waals surface area contributed by atoms with E-state index < -0.39 is 12.1 Å². The molecule has 0 spiro atoms. The Hall–Kier alpha value is -2.57. The Morgan fingerprint density at radius 3 is 2.63 bits per heavy atom. The highest BCUT2D eigenvalue weighted by molar-refractivity contribution is 6.35. The lowest BCUT2D eigenvalue weighted by Crippen LogP contribution is -2.45. The van der Waals surface area contributed by atoms with Crippen LogP contribution in [0.4, 0.5) is 10.5 Å². The van der Waals surface area contributed by atoms with Crippen molar-refractivity contribution in [2.24, 2.45) is 0 Å². The minimum atomic E-state index is -0.776. The van der Waals surface area contributed by atoms with Crippen LogP contribution in [0, 0.1) is 6.92 Å². The molecule has 1 aliphatic heterocycles. The zero-order valence-corrected chi connectivity index (χ0v) is 18.2. The lowest BCUT2D eigenvalue weighted by molar-refractivity contribution is -0.131. The molecular formula is C22H22Cl2N2O4. The summed E-state index contributed by atoms with van der Waals surface area (Å²) in [5, 5.41) is 3.74. The van der Waals surface area contributed by atoms with Crippen LogP contribution in [0.15, 0.2) is 36.4 Å². The van der Waals surface area contributed by atoms with Crippen molar-refractivity contribution in [2.45, 2.75) is 38.6 Å². The third-order valence-electron chi connectivity index (χ3n) is 5.13. The topological polar surface area (TPSA) is 75.7 Å². The fourth-order valence-corrected chi connectivity index (χ4v) is 3.97. The van der Waals surface area contributed by atoms with Gasteiger partial charge in [0.25, 0.3) is 0 Å². The fourth-order valence-electron chi connectivity index (χ4n) is 3.47. The van der Waals surface area contributed by atoms with Crippen molar-refractivity contribution in [2.75, 3.05) is 12.4 Å². The number of likely N-dealkylation sites (tertiary alicyclic amines) is 1. The van der Waals surface area contributed by atoms with Gasteiger partial charge in [0.15, 0.2) is 5.78 Å². The van der Waals surface area contributed by atoms with E-state index in [1.807, 2.05) is 6.92 Å². The average molecular weight is 449 g/mol. The molecule has 1 fully saturated rings. The quantitative estimate of drug-likeness (QED) is 0.671. The molecule has 1 N–H and O–H groups in total. The average Bonchev–Trinajstić information content (AvgIpc) is 3.10. The number of hydrogen-bond donors (Lipinski definition) is 1. The van der Waals surface area contributed by atoms with E-state index >= 15 is 0 Å². The number of aryl methyl sites for hydroxylation is 2. The number of urea groups is 1. The summed E-state index contributed by atoms with van der Waals surface area (Å²) in [4.78, 5) is 39.0. The first-order valence-electron chi connectivity index (χ1n) is 9.54. The molecular weight excluding hydrogens is 427 g/mol. The number of rotatable bonds is 6. The SMILES string of the molecule is COc1ccc(NC(=O)N2C(=O)CC[C@H]2C(=O)CCc2ccc(Cl)cc2Cl)c(C)c1. The van der Waals surface area contributed by atoms with E-state index in [-0.39, 0.29) is 24.5 Å². The van der Waals surface area contributed by atoms with Gasteiger partial charge in [-0.25, -0.2) is 4.79 Å². The number of methoxy groups -OCH3 is 1. The van der Waals surface area contributed by atoms with Crippen LogP contribution >= 0.6 is 23.2 Å². The molecule has 1 atom stereocenters. The third-order valence-corrected chi connectivity index (χ3v) is 5.72. The van der Waals surface area contributed by atoms with E-state index in [0.717, 1.165) is 16.0 Å².